The van der Waals surface area contributed by atoms with Crippen molar-refractivity contribution in [3.8, 4) is 11.5 Å². The molecule has 0 aliphatic heterocycles. The Balaban J connectivity index is 2.24. The summed E-state index contributed by atoms with van der Waals surface area (Å²) in [7, 11) is -4.65. The third-order valence-electron chi connectivity index (χ3n) is 2.51. The second kappa shape index (κ2) is 6.07. The van der Waals surface area contributed by atoms with Crippen molar-refractivity contribution in [1.29, 1.82) is 0 Å². The van der Waals surface area contributed by atoms with Crippen LogP contribution in [0.25, 0.3) is 0 Å². The average molecular weight is 381 g/mol. The summed E-state index contributed by atoms with van der Waals surface area (Å²) >= 11 is 3.09. The molecule has 0 fully saturated rings. The van der Waals surface area contributed by atoms with Crippen molar-refractivity contribution in [2.24, 2.45) is 0 Å². The molecule has 0 unspecified atom stereocenters. The molecule has 0 spiro atoms. The van der Waals surface area contributed by atoms with Gasteiger partial charge >= 0.3 is 5.76 Å². The maximum absolute atomic E-state index is 13.6. The van der Waals surface area contributed by atoms with Gasteiger partial charge in [0, 0.05) is 4.47 Å². The Morgan fingerprint density at radius 1 is 1.05 bits per heavy atom. The van der Waals surface area contributed by atoms with E-state index >= 15 is 0 Å². The molecule has 0 N–H and O–H groups in total. The number of benzene rings is 2. The summed E-state index contributed by atoms with van der Waals surface area (Å²) in [5.74, 6) is -4.05. The molecule has 112 valence electrons. The van der Waals surface area contributed by atoms with E-state index in [0.717, 1.165) is 12.1 Å². The molecule has 0 saturated carbocycles. The van der Waals surface area contributed by atoms with Gasteiger partial charge in [-0.1, -0.05) is 15.9 Å². The monoisotopic (exact) mass is 380 g/mol. The molecule has 0 radical (unpaired) electrons. The van der Waals surface area contributed by atoms with Crippen LogP contribution in [0.3, 0.4) is 0 Å². The first-order valence-corrected chi connectivity index (χ1v) is 7.89. The average Bonchev–Trinajstić information content (AvgIpc) is 2.42. The van der Waals surface area contributed by atoms with Crippen LogP contribution in [0.5, 0.6) is 11.5 Å². The maximum atomic E-state index is 13.6. The lowest BCUT2D eigenvalue weighted by Gasteiger charge is -2.08. The zero-order valence-corrected chi connectivity index (χ0v) is 12.7. The van der Waals surface area contributed by atoms with E-state index in [1.165, 1.54) is 24.3 Å². The highest BCUT2D eigenvalue weighted by Gasteiger charge is 2.26. The van der Waals surface area contributed by atoms with Gasteiger partial charge in [-0.05, 0) is 42.5 Å². The van der Waals surface area contributed by atoms with Crippen molar-refractivity contribution in [3.05, 3.63) is 52.8 Å². The predicted molar refractivity (Wildman–Crippen MR) is 73.8 cm³/mol. The third-order valence-corrected chi connectivity index (χ3v) is 4.40. The fraction of sp³-hybridized carbons (Fsp3) is 0.0769. The smallest absolute Gasteiger partial charge is 0.341 e. The number of hydrogen-bond donors (Lipinski definition) is 0. The molecule has 21 heavy (non-hydrogen) atoms. The molecule has 0 saturated heterocycles. The van der Waals surface area contributed by atoms with Crippen LogP contribution in [0.1, 0.15) is 0 Å². The lowest BCUT2D eigenvalue weighted by atomic mass is 10.3. The predicted octanol–water partition coefficient (Wildman–Crippen LogP) is 4.38. The van der Waals surface area contributed by atoms with Crippen LogP contribution in [0.15, 0.2) is 51.8 Å². The molecule has 0 heterocycles. The van der Waals surface area contributed by atoms with Gasteiger partial charge in [0.2, 0.25) is 9.84 Å². The molecule has 2 aromatic rings. The summed E-state index contributed by atoms with van der Waals surface area (Å²) in [5, 5.41) is 0. The van der Waals surface area contributed by atoms with Crippen molar-refractivity contribution in [2.75, 3.05) is 0 Å². The largest absolute Gasteiger partial charge is 0.454 e. The highest BCUT2D eigenvalue weighted by Crippen LogP contribution is 2.28. The Labute approximate surface area is 127 Å². The maximum Gasteiger partial charge on any atom is 0.341 e. The summed E-state index contributed by atoms with van der Waals surface area (Å²) < 4.78 is 66.5. The van der Waals surface area contributed by atoms with E-state index in [0.29, 0.717) is 4.47 Å². The van der Waals surface area contributed by atoms with E-state index in [2.05, 4.69) is 15.9 Å². The zero-order valence-electron chi connectivity index (χ0n) is 10.3. The lowest BCUT2D eigenvalue weighted by Crippen LogP contribution is -2.11. The molecule has 2 rings (SSSR count). The molecule has 2 aromatic carbocycles. The molecule has 8 heteroatoms. The van der Waals surface area contributed by atoms with Crippen LogP contribution in [0.2, 0.25) is 0 Å². The number of alkyl halides is 2. The second-order valence-electron chi connectivity index (χ2n) is 3.95. The van der Waals surface area contributed by atoms with E-state index in [-0.39, 0.29) is 11.5 Å². The first-order valence-electron chi connectivity index (χ1n) is 5.56. The first kappa shape index (κ1) is 15.8. The van der Waals surface area contributed by atoms with Crippen LogP contribution in [0.4, 0.5) is 13.2 Å². The highest BCUT2D eigenvalue weighted by atomic mass is 79.9. The number of sulfone groups is 1. The molecule has 0 bridgehead atoms. The second-order valence-corrected chi connectivity index (χ2v) is 6.79. The Bertz CT molecular complexity index is 746. The zero-order chi connectivity index (χ0) is 15.6. The van der Waals surface area contributed by atoms with Gasteiger partial charge in [0.05, 0.1) is 4.90 Å². The molecule has 0 amide bonds. The van der Waals surface area contributed by atoms with Gasteiger partial charge in [0.25, 0.3) is 0 Å². The van der Waals surface area contributed by atoms with Gasteiger partial charge in [0.1, 0.15) is 5.75 Å². The Kier molecular flexibility index (Phi) is 4.58. The summed E-state index contributed by atoms with van der Waals surface area (Å²) in [5.41, 5.74) is 0. The molecular formula is C13H8BrF3O3S. The van der Waals surface area contributed by atoms with E-state index in [4.69, 9.17) is 4.74 Å². The number of hydrogen-bond acceptors (Lipinski definition) is 3. The van der Waals surface area contributed by atoms with Crippen molar-refractivity contribution in [2.45, 2.75) is 10.7 Å². The Hall–Kier alpha value is -1.54. The SMILES string of the molecule is O=S(=O)(c1ccc(Oc2ccc(Br)cc2F)cc1)C(F)F. The van der Waals surface area contributed by atoms with Crippen LogP contribution in [0, 0.1) is 5.82 Å². The molecular weight excluding hydrogens is 373 g/mol. The van der Waals surface area contributed by atoms with E-state index < -0.39 is 26.3 Å². The van der Waals surface area contributed by atoms with Gasteiger partial charge < -0.3 is 4.74 Å². The highest BCUT2D eigenvalue weighted by molar-refractivity contribution is 9.10. The minimum Gasteiger partial charge on any atom is -0.454 e. The van der Waals surface area contributed by atoms with Gasteiger partial charge in [-0.15, -0.1) is 0 Å². The van der Waals surface area contributed by atoms with Crippen LogP contribution in [-0.4, -0.2) is 14.2 Å². The molecule has 0 aromatic heterocycles. The fourth-order valence-corrected chi connectivity index (χ4v) is 2.54. The van der Waals surface area contributed by atoms with Gasteiger partial charge in [0.15, 0.2) is 11.6 Å². The summed E-state index contributed by atoms with van der Waals surface area (Å²) in [4.78, 5) is -0.527. The third kappa shape index (κ3) is 3.56. The minimum atomic E-state index is -4.65. The van der Waals surface area contributed by atoms with Crippen LogP contribution >= 0.6 is 15.9 Å². The summed E-state index contributed by atoms with van der Waals surface area (Å²) in [6, 6.07) is 8.46. The number of halogens is 4. The van der Waals surface area contributed by atoms with E-state index in [1.54, 1.807) is 6.07 Å². The lowest BCUT2D eigenvalue weighted by molar-refractivity contribution is 0.234. The quantitative estimate of drug-likeness (QED) is 0.790. The molecule has 3 nitrogen and oxygen atoms in total. The fourth-order valence-electron chi connectivity index (χ4n) is 1.49. The van der Waals surface area contributed by atoms with Gasteiger partial charge in [-0.25, -0.2) is 12.8 Å². The minimum absolute atomic E-state index is 0.0670. The summed E-state index contributed by atoms with van der Waals surface area (Å²) in [6.45, 7) is 0. The van der Waals surface area contributed by atoms with Gasteiger partial charge in [-0.2, -0.15) is 8.78 Å². The number of rotatable bonds is 4. The van der Waals surface area contributed by atoms with Gasteiger partial charge in [-0.3, -0.25) is 0 Å². The first-order chi connectivity index (χ1) is 9.80. The van der Waals surface area contributed by atoms with E-state index in [9.17, 15) is 21.6 Å². The Morgan fingerprint density at radius 2 is 1.67 bits per heavy atom. The normalized spacial score (nSPS) is 11.7. The van der Waals surface area contributed by atoms with Crippen molar-refractivity contribution >= 4 is 25.8 Å². The topological polar surface area (TPSA) is 43.4 Å². The Morgan fingerprint density at radius 3 is 2.19 bits per heavy atom. The number of ether oxygens (including phenoxy) is 1. The van der Waals surface area contributed by atoms with Crippen LogP contribution < -0.4 is 4.74 Å². The standard InChI is InChI=1S/C13H8BrF3O3S/c14-8-1-6-12(11(15)7-8)20-9-2-4-10(5-3-9)21(18,19)13(16)17/h1-7,13H. The van der Waals surface area contributed by atoms with Crippen molar-refractivity contribution in [1.82, 2.24) is 0 Å². The van der Waals surface area contributed by atoms with Crippen LogP contribution in [-0.2, 0) is 9.84 Å². The molecule has 0 aliphatic carbocycles. The molecule has 0 aliphatic rings. The summed E-state index contributed by atoms with van der Waals surface area (Å²) in [6.07, 6.45) is 0. The van der Waals surface area contributed by atoms with E-state index in [1.807, 2.05) is 0 Å². The molecule has 0 atom stereocenters. The van der Waals surface area contributed by atoms with Crippen molar-refractivity contribution < 1.29 is 26.3 Å². The van der Waals surface area contributed by atoms with Crippen molar-refractivity contribution in [3.63, 3.8) is 0 Å².